The van der Waals surface area contributed by atoms with E-state index in [4.69, 9.17) is 4.74 Å². The van der Waals surface area contributed by atoms with Gasteiger partial charge in [-0.15, -0.1) is 0 Å². The highest BCUT2D eigenvalue weighted by molar-refractivity contribution is 5.98. The Morgan fingerprint density at radius 1 is 1.33 bits per heavy atom. The van der Waals surface area contributed by atoms with Crippen LogP contribution in [0, 0.1) is 5.82 Å². The van der Waals surface area contributed by atoms with Crippen molar-refractivity contribution in [1.82, 2.24) is 14.5 Å². The van der Waals surface area contributed by atoms with Crippen molar-refractivity contribution in [3.8, 4) is 16.9 Å². The van der Waals surface area contributed by atoms with Crippen LogP contribution >= 0.6 is 0 Å². The Morgan fingerprint density at radius 3 is 2.90 bits per heavy atom. The van der Waals surface area contributed by atoms with E-state index in [1.807, 2.05) is 6.92 Å². The number of nitrogens with zero attached hydrogens (tertiary/aromatic N) is 2. The van der Waals surface area contributed by atoms with Crippen LogP contribution in [0.3, 0.4) is 0 Å². The first-order valence-electron chi connectivity index (χ1n) is 9.12. The third-order valence-corrected chi connectivity index (χ3v) is 5.26. The molecule has 0 radical (unpaired) electrons. The number of hydrogen-bond acceptors (Lipinski definition) is 5. The van der Waals surface area contributed by atoms with Crippen LogP contribution in [0.15, 0.2) is 46.2 Å². The summed E-state index contributed by atoms with van der Waals surface area (Å²) in [6.07, 6.45) is 2.68. The number of H-pyrrole nitrogens is 1. The van der Waals surface area contributed by atoms with Crippen molar-refractivity contribution in [2.75, 3.05) is 6.61 Å². The second kappa shape index (κ2) is 6.24. The average molecular weight is 407 g/mol. The standard InChI is InChI=1S/C21H14FN3O5/c1-9-8-30-19-16(11-4-10-2-3-15(26)24-20(10)23-6-11)14(22)5-12-17(19)25(9)7-13(18(12)27)21(28)29/h2-7,9H,8H2,1H3,(H,28,29)(H,23,24,26). The van der Waals surface area contributed by atoms with Crippen molar-refractivity contribution < 1.29 is 19.0 Å². The van der Waals surface area contributed by atoms with Crippen LogP contribution in [0.1, 0.15) is 23.3 Å². The van der Waals surface area contributed by atoms with E-state index in [-0.39, 0.29) is 34.9 Å². The van der Waals surface area contributed by atoms with Crippen LogP contribution in [-0.4, -0.2) is 32.2 Å². The second-order valence-corrected chi connectivity index (χ2v) is 7.19. The summed E-state index contributed by atoms with van der Waals surface area (Å²) in [5, 5.41) is 9.91. The number of aromatic nitrogens is 3. The van der Waals surface area contributed by atoms with Crippen molar-refractivity contribution in [1.29, 1.82) is 0 Å². The molecule has 4 heterocycles. The van der Waals surface area contributed by atoms with Gasteiger partial charge in [0.1, 0.15) is 23.6 Å². The number of aromatic carboxylic acids is 1. The molecule has 0 fully saturated rings. The molecule has 1 aliphatic heterocycles. The van der Waals surface area contributed by atoms with Crippen LogP contribution in [0.25, 0.3) is 33.1 Å². The van der Waals surface area contributed by atoms with Crippen LogP contribution < -0.4 is 15.7 Å². The van der Waals surface area contributed by atoms with E-state index in [2.05, 4.69) is 9.97 Å². The molecular weight excluding hydrogens is 393 g/mol. The Hall–Kier alpha value is -4.01. The molecule has 8 nitrogen and oxygen atoms in total. The van der Waals surface area contributed by atoms with Crippen molar-refractivity contribution in [2.45, 2.75) is 13.0 Å². The van der Waals surface area contributed by atoms with E-state index in [1.165, 1.54) is 18.5 Å². The molecule has 9 heteroatoms. The molecule has 150 valence electrons. The Morgan fingerprint density at radius 2 is 2.13 bits per heavy atom. The Bertz CT molecular complexity index is 1510. The molecule has 1 aliphatic rings. The molecule has 0 saturated carbocycles. The average Bonchev–Trinajstić information content (AvgIpc) is 2.71. The number of aromatic amines is 1. The minimum absolute atomic E-state index is 0.0595. The van der Waals surface area contributed by atoms with Gasteiger partial charge in [0.25, 0.3) is 0 Å². The second-order valence-electron chi connectivity index (χ2n) is 7.19. The molecule has 30 heavy (non-hydrogen) atoms. The minimum Gasteiger partial charge on any atom is -0.488 e. The monoisotopic (exact) mass is 407 g/mol. The highest BCUT2D eigenvalue weighted by Crippen LogP contribution is 2.42. The molecule has 5 rings (SSSR count). The summed E-state index contributed by atoms with van der Waals surface area (Å²) in [4.78, 5) is 42.4. The molecule has 1 aromatic carbocycles. The van der Waals surface area contributed by atoms with Crippen LogP contribution in [0.2, 0.25) is 0 Å². The molecule has 0 saturated heterocycles. The quantitative estimate of drug-likeness (QED) is 0.528. The molecule has 4 aromatic rings. The smallest absolute Gasteiger partial charge is 0.341 e. The van der Waals surface area contributed by atoms with Gasteiger partial charge < -0.3 is 19.4 Å². The molecule has 2 N–H and O–H groups in total. The van der Waals surface area contributed by atoms with E-state index in [0.717, 1.165) is 6.07 Å². The Kier molecular flexibility index (Phi) is 3.76. The summed E-state index contributed by atoms with van der Waals surface area (Å²) >= 11 is 0. The zero-order valence-electron chi connectivity index (χ0n) is 15.6. The lowest BCUT2D eigenvalue weighted by atomic mass is 9.99. The molecule has 1 atom stereocenters. The topological polar surface area (TPSA) is 114 Å². The van der Waals surface area contributed by atoms with Gasteiger partial charge in [0.05, 0.1) is 22.5 Å². The number of benzene rings is 1. The van der Waals surface area contributed by atoms with E-state index >= 15 is 4.39 Å². The van der Waals surface area contributed by atoms with Gasteiger partial charge >= 0.3 is 5.97 Å². The molecule has 3 aromatic heterocycles. The SMILES string of the molecule is CC1COc2c(-c3cnc4[nH]c(=O)ccc4c3)c(F)cc3c(=O)c(C(=O)O)cn1c23. The number of nitrogens with one attached hydrogen (secondary N) is 1. The number of carboxylic acids is 1. The van der Waals surface area contributed by atoms with Crippen molar-refractivity contribution in [3.63, 3.8) is 0 Å². The fourth-order valence-electron chi connectivity index (χ4n) is 3.82. The van der Waals surface area contributed by atoms with Gasteiger partial charge in [-0.3, -0.25) is 9.59 Å². The predicted octanol–water partition coefficient (Wildman–Crippen LogP) is 2.70. The predicted molar refractivity (Wildman–Crippen MR) is 107 cm³/mol. The first kappa shape index (κ1) is 18.0. The lowest BCUT2D eigenvalue weighted by molar-refractivity contribution is 0.0694. The van der Waals surface area contributed by atoms with Crippen molar-refractivity contribution >= 4 is 27.9 Å². The fraction of sp³-hybridized carbons (Fsp3) is 0.143. The van der Waals surface area contributed by atoms with Gasteiger partial charge in [0.15, 0.2) is 5.75 Å². The Balaban J connectivity index is 1.87. The Labute approximate surface area is 167 Å². The zero-order chi connectivity index (χ0) is 21.2. The fourth-order valence-corrected chi connectivity index (χ4v) is 3.82. The molecular formula is C21H14FN3O5. The van der Waals surface area contributed by atoms with Gasteiger partial charge in [0, 0.05) is 29.4 Å². The maximum absolute atomic E-state index is 15.2. The first-order chi connectivity index (χ1) is 14.3. The number of carbonyl (C=O) groups is 1. The zero-order valence-corrected chi connectivity index (χ0v) is 15.6. The summed E-state index contributed by atoms with van der Waals surface area (Å²) in [6, 6.07) is 5.37. The number of halogens is 1. The van der Waals surface area contributed by atoms with Crippen LogP contribution in [0.5, 0.6) is 5.75 Å². The van der Waals surface area contributed by atoms with Gasteiger partial charge in [-0.05, 0) is 25.1 Å². The van der Waals surface area contributed by atoms with E-state index in [9.17, 15) is 19.5 Å². The van der Waals surface area contributed by atoms with Crippen molar-refractivity contribution in [3.05, 3.63) is 68.6 Å². The lowest BCUT2D eigenvalue weighted by Gasteiger charge is -2.28. The van der Waals surface area contributed by atoms with Gasteiger partial charge in [-0.25, -0.2) is 14.2 Å². The molecule has 0 aliphatic carbocycles. The lowest BCUT2D eigenvalue weighted by Crippen LogP contribution is -2.27. The number of hydrogen-bond donors (Lipinski definition) is 2. The normalized spacial score (nSPS) is 15.3. The molecule has 1 unspecified atom stereocenters. The third-order valence-electron chi connectivity index (χ3n) is 5.26. The van der Waals surface area contributed by atoms with E-state index in [1.54, 1.807) is 16.7 Å². The maximum Gasteiger partial charge on any atom is 0.341 e. The summed E-state index contributed by atoms with van der Waals surface area (Å²) in [6.45, 7) is 1.99. The number of ether oxygens (including phenoxy) is 1. The number of pyridine rings is 3. The van der Waals surface area contributed by atoms with Crippen LogP contribution in [0.4, 0.5) is 4.39 Å². The van der Waals surface area contributed by atoms with Gasteiger partial charge in [0.2, 0.25) is 11.0 Å². The number of fused-ring (bicyclic) bond motifs is 1. The van der Waals surface area contributed by atoms with Crippen molar-refractivity contribution in [2.24, 2.45) is 0 Å². The van der Waals surface area contributed by atoms with E-state index in [0.29, 0.717) is 22.1 Å². The van der Waals surface area contributed by atoms with Crippen LogP contribution in [-0.2, 0) is 0 Å². The first-order valence-corrected chi connectivity index (χ1v) is 9.12. The van der Waals surface area contributed by atoms with Gasteiger partial charge in [-0.2, -0.15) is 0 Å². The largest absolute Gasteiger partial charge is 0.488 e. The number of rotatable bonds is 2. The molecule has 0 bridgehead atoms. The summed E-state index contributed by atoms with van der Waals surface area (Å²) < 4.78 is 22.7. The molecule has 0 spiro atoms. The maximum atomic E-state index is 15.2. The van der Waals surface area contributed by atoms with Gasteiger partial charge in [-0.1, -0.05) is 0 Å². The highest BCUT2D eigenvalue weighted by Gasteiger charge is 2.28. The highest BCUT2D eigenvalue weighted by atomic mass is 19.1. The summed E-state index contributed by atoms with van der Waals surface area (Å²) in [5.41, 5.74) is -0.283. The minimum atomic E-state index is -1.37. The third kappa shape index (κ3) is 2.52. The molecule has 0 amide bonds. The number of carboxylic acid groups (broad SMARTS) is 1. The van der Waals surface area contributed by atoms with E-state index < -0.39 is 22.8 Å². The summed E-state index contributed by atoms with van der Waals surface area (Å²) in [7, 11) is 0. The summed E-state index contributed by atoms with van der Waals surface area (Å²) in [5.74, 6) is -1.95.